The average Bonchev–Trinajstić information content (AvgIpc) is 2.40. The third kappa shape index (κ3) is 2.33. The van der Waals surface area contributed by atoms with Crippen LogP contribution in [0.5, 0.6) is 0 Å². The lowest BCUT2D eigenvalue weighted by Crippen LogP contribution is -2.18. The van der Waals surface area contributed by atoms with Crippen molar-refractivity contribution >= 4 is 17.6 Å². The first-order chi connectivity index (χ1) is 7.88. The molecule has 0 fully saturated rings. The van der Waals surface area contributed by atoms with Gasteiger partial charge in [0.2, 0.25) is 0 Å². The summed E-state index contributed by atoms with van der Waals surface area (Å²) in [6, 6.07) is 3.44. The number of aryl methyl sites for hydroxylation is 2. The largest absolute Gasteiger partial charge is 0.431 e. The van der Waals surface area contributed by atoms with E-state index < -0.39 is 11.9 Å². The Morgan fingerprint density at radius 1 is 1.12 bits per heavy atom. The van der Waals surface area contributed by atoms with Gasteiger partial charge in [0.25, 0.3) is 0 Å². The number of alkyl halides is 3. The van der Waals surface area contributed by atoms with Gasteiger partial charge >= 0.3 is 6.18 Å². The highest BCUT2D eigenvalue weighted by Gasteiger charge is 2.34. The van der Waals surface area contributed by atoms with Gasteiger partial charge in [-0.1, -0.05) is 0 Å². The fraction of sp³-hybridized carbons (Fsp3) is 0.250. The summed E-state index contributed by atoms with van der Waals surface area (Å²) in [5.41, 5.74) is 2.02. The molecule has 1 aliphatic heterocycles. The molecular weight excluding hydrogens is 229 g/mol. The third-order valence-corrected chi connectivity index (χ3v) is 2.64. The van der Waals surface area contributed by atoms with Gasteiger partial charge in [0.15, 0.2) is 0 Å². The van der Waals surface area contributed by atoms with Crippen molar-refractivity contribution in [1.29, 1.82) is 0 Å². The number of nitrogens with one attached hydrogen (secondary N) is 1. The van der Waals surface area contributed by atoms with Crippen molar-refractivity contribution in [3.05, 3.63) is 35.0 Å². The Morgan fingerprint density at radius 2 is 1.76 bits per heavy atom. The van der Waals surface area contributed by atoms with Gasteiger partial charge in [-0.15, -0.1) is 0 Å². The highest BCUT2D eigenvalue weighted by molar-refractivity contribution is 5.84. The van der Waals surface area contributed by atoms with Gasteiger partial charge in [-0.3, -0.25) is 4.99 Å². The molecule has 0 saturated carbocycles. The highest BCUT2D eigenvalue weighted by atomic mass is 19.4. The zero-order valence-electron chi connectivity index (χ0n) is 9.39. The van der Waals surface area contributed by atoms with E-state index >= 15 is 0 Å². The summed E-state index contributed by atoms with van der Waals surface area (Å²) in [6.45, 7) is 3.75. The molecule has 1 aliphatic rings. The molecule has 2 nitrogen and oxygen atoms in total. The number of hydrogen-bond acceptors (Lipinski definition) is 2. The zero-order chi connectivity index (χ0) is 12.6. The Bertz CT molecular complexity index is 513. The summed E-state index contributed by atoms with van der Waals surface area (Å²) in [5, 5.41) is 2.38. The molecule has 0 unspecified atom stereocenters. The maximum absolute atomic E-state index is 12.6. The van der Waals surface area contributed by atoms with E-state index in [1.54, 1.807) is 12.1 Å². The highest BCUT2D eigenvalue weighted by Crippen LogP contribution is 2.34. The smallest absolute Gasteiger partial charge is 0.350 e. The molecule has 0 atom stereocenters. The van der Waals surface area contributed by atoms with Crippen LogP contribution in [0.2, 0.25) is 0 Å². The Hall–Kier alpha value is -1.78. The number of anilines is 1. The molecule has 2 rings (SSSR count). The first-order valence-electron chi connectivity index (χ1n) is 5.08. The fourth-order valence-electron chi connectivity index (χ4n) is 1.55. The molecule has 0 aromatic heterocycles. The molecule has 0 radical (unpaired) electrons. The van der Waals surface area contributed by atoms with E-state index in [4.69, 9.17) is 0 Å². The van der Waals surface area contributed by atoms with Crippen molar-refractivity contribution < 1.29 is 13.2 Å². The van der Waals surface area contributed by atoms with Crippen LogP contribution in [0.1, 0.15) is 11.1 Å². The summed E-state index contributed by atoms with van der Waals surface area (Å²) in [5.74, 6) is 0. The van der Waals surface area contributed by atoms with Crippen LogP contribution in [0, 0.1) is 13.8 Å². The quantitative estimate of drug-likeness (QED) is 0.731. The van der Waals surface area contributed by atoms with Gasteiger partial charge in [-0.05, 0) is 43.2 Å². The van der Waals surface area contributed by atoms with Crippen LogP contribution >= 0.6 is 0 Å². The van der Waals surface area contributed by atoms with Crippen LogP contribution in [0.3, 0.4) is 0 Å². The van der Waals surface area contributed by atoms with E-state index in [0.717, 1.165) is 23.4 Å². The van der Waals surface area contributed by atoms with Crippen LogP contribution in [-0.2, 0) is 0 Å². The minimum absolute atomic E-state index is 0.380. The van der Waals surface area contributed by atoms with Crippen molar-refractivity contribution in [2.24, 2.45) is 4.99 Å². The molecule has 1 aromatic carbocycles. The Kier molecular flexibility index (Phi) is 2.69. The maximum atomic E-state index is 12.6. The molecule has 17 heavy (non-hydrogen) atoms. The van der Waals surface area contributed by atoms with E-state index in [9.17, 15) is 13.2 Å². The van der Waals surface area contributed by atoms with Gasteiger partial charge in [-0.2, -0.15) is 13.2 Å². The van der Waals surface area contributed by atoms with Gasteiger partial charge in [-0.25, -0.2) is 0 Å². The molecule has 0 bridgehead atoms. The number of benzene rings is 1. The fourth-order valence-corrected chi connectivity index (χ4v) is 1.55. The summed E-state index contributed by atoms with van der Waals surface area (Å²) in [7, 11) is 0. The molecule has 1 heterocycles. The van der Waals surface area contributed by atoms with Gasteiger partial charge in [0, 0.05) is 6.21 Å². The van der Waals surface area contributed by atoms with E-state index in [2.05, 4.69) is 10.3 Å². The Morgan fingerprint density at radius 3 is 2.41 bits per heavy atom. The van der Waals surface area contributed by atoms with Crippen LogP contribution in [0.15, 0.2) is 28.9 Å². The minimum Gasteiger partial charge on any atom is -0.350 e. The topological polar surface area (TPSA) is 24.4 Å². The Balaban J connectivity index is 2.46. The maximum Gasteiger partial charge on any atom is 0.431 e. The summed E-state index contributed by atoms with van der Waals surface area (Å²) >= 11 is 0. The van der Waals surface area contributed by atoms with E-state index in [0.29, 0.717) is 11.4 Å². The summed E-state index contributed by atoms with van der Waals surface area (Å²) in [4.78, 5) is 3.99. The average molecular weight is 240 g/mol. The van der Waals surface area contributed by atoms with Crippen LogP contribution in [-0.4, -0.2) is 12.4 Å². The van der Waals surface area contributed by atoms with Crippen molar-refractivity contribution in [3.63, 3.8) is 0 Å². The second kappa shape index (κ2) is 3.91. The van der Waals surface area contributed by atoms with Crippen molar-refractivity contribution in [2.45, 2.75) is 20.0 Å². The number of rotatable bonds is 0. The third-order valence-electron chi connectivity index (χ3n) is 2.64. The van der Waals surface area contributed by atoms with Crippen LogP contribution in [0.25, 0.3) is 0 Å². The molecule has 1 N–H and O–H groups in total. The van der Waals surface area contributed by atoms with Crippen LogP contribution in [0.4, 0.5) is 24.5 Å². The van der Waals surface area contributed by atoms with Crippen molar-refractivity contribution in [1.82, 2.24) is 0 Å². The van der Waals surface area contributed by atoms with Gasteiger partial charge in [0.05, 0.1) is 11.4 Å². The van der Waals surface area contributed by atoms with Crippen LogP contribution < -0.4 is 5.32 Å². The number of fused-ring (bicyclic) bond motifs is 1. The lowest BCUT2D eigenvalue weighted by molar-refractivity contribution is -0.0900. The molecule has 0 aliphatic carbocycles. The summed E-state index contributed by atoms with van der Waals surface area (Å²) in [6.07, 6.45) is -2.30. The lowest BCUT2D eigenvalue weighted by atomic mass is 10.1. The zero-order valence-corrected chi connectivity index (χ0v) is 9.39. The molecule has 1 aromatic rings. The SMILES string of the molecule is Cc1cc2c(cc1C)NC(C(F)(F)F)=CC=N2. The van der Waals surface area contributed by atoms with E-state index in [1.807, 2.05) is 13.8 Å². The van der Waals surface area contributed by atoms with Crippen molar-refractivity contribution in [3.8, 4) is 0 Å². The number of halogens is 3. The molecular formula is C12H11F3N2. The monoisotopic (exact) mass is 240 g/mol. The van der Waals surface area contributed by atoms with E-state index in [1.165, 1.54) is 0 Å². The number of aliphatic imine (C=N–C) groups is 1. The number of hydrogen-bond donors (Lipinski definition) is 1. The summed E-state index contributed by atoms with van der Waals surface area (Å²) < 4.78 is 37.8. The molecule has 90 valence electrons. The number of nitrogens with zero attached hydrogens (tertiary/aromatic N) is 1. The normalized spacial score (nSPS) is 14.8. The predicted octanol–water partition coefficient (Wildman–Crippen LogP) is 3.88. The number of allylic oxidation sites excluding steroid dienone is 2. The molecule has 0 saturated heterocycles. The molecule has 0 spiro atoms. The predicted molar refractivity (Wildman–Crippen MR) is 61.8 cm³/mol. The first-order valence-corrected chi connectivity index (χ1v) is 5.08. The molecule has 5 heteroatoms. The molecule has 0 amide bonds. The van der Waals surface area contributed by atoms with Gasteiger partial charge < -0.3 is 5.32 Å². The lowest BCUT2D eigenvalue weighted by Gasteiger charge is -2.14. The standard InChI is InChI=1S/C12H11F3N2/c1-7-5-9-10(6-8(7)2)17-11(3-4-16-9)12(13,14)15/h3-6,17H,1-2H3. The second-order valence-corrected chi connectivity index (χ2v) is 3.93. The minimum atomic E-state index is -4.40. The Labute approximate surface area is 96.9 Å². The van der Waals surface area contributed by atoms with Gasteiger partial charge in [0.1, 0.15) is 5.70 Å². The van der Waals surface area contributed by atoms with Crippen molar-refractivity contribution in [2.75, 3.05) is 5.32 Å². The van der Waals surface area contributed by atoms with E-state index in [-0.39, 0.29) is 0 Å². The second-order valence-electron chi connectivity index (χ2n) is 3.93. The first kappa shape index (κ1) is 11.7.